The highest BCUT2D eigenvalue weighted by Crippen LogP contribution is 2.61. The molecule has 0 bridgehead atoms. The van der Waals surface area contributed by atoms with E-state index in [1.165, 1.54) is 30.2 Å². The van der Waals surface area contributed by atoms with Gasteiger partial charge in [0.1, 0.15) is 17.1 Å². The average Bonchev–Trinajstić information content (AvgIpc) is 3.01. The Kier molecular flexibility index (Phi) is 10.9. The number of aromatic nitrogens is 2. The molecule has 0 spiro atoms. The molecule has 1 aliphatic carbocycles. The highest BCUT2D eigenvalue weighted by Gasteiger charge is 2.45. The number of rotatable bonds is 11. The number of amides is 1. The minimum absolute atomic E-state index is 0.102. The molecule has 0 aliphatic heterocycles. The molecular weight excluding hydrogens is 638 g/mol. The molecule has 15 heteroatoms. The molecular formula is C32H41F3N5O6P. The van der Waals surface area contributed by atoms with E-state index in [0.717, 1.165) is 18.4 Å². The summed E-state index contributed by atoms with van der Waals surface area (Å²) in [5.41, 5.74) is 0.583. The van der Waals surface area contributed by atoms with Crippen molar-refractivity contribution in [1.82, 2.24) is 14.9 Å². The lowest BCUT2D eigenvalue weighted by Gasteiger charge is -2.33. The summed E-state index contributed by atoms with van der Waals surface area (Å²) in [7, 11) is -0.137. The molecule has 256 valence electrons. The third-order valence-corrected chi connectivity index (χ3v) is 10.9. The van der Waals surface area contributed by atoms with Gasteiger partial charge in [0.15, 0.2) is 0 Å². The number of aliphatic hydroxyl groups is 1. The first-order valence-corrected chi connectivity index (χ1v) is 16.9. The van der Waals surface area contributed by atoms with Crippen LogP contribution in [-0.2, 0) is 15.9 Å². The van der Waals surface area contributed by atoms with Crippen LogP contribution in [0.5, 0.6) is 5.75 Å². The largest absolute Gasteiger partial charge is 0.495 e. The molecule has 47 heavy (non-hydrogen) atoms. The van der Waals surface area contributed by atoms with E-state index in [-0.39, 0.29) is 53.5 Å². The molecule has 0 saturated heterocycles. The van der Waals surface area contributed by atoms with Gasteiger partial charge in [-0.2, -0.15) is 18.2 Å². The van der Waals surface area contributed by atoms with Crippen molar-refractivity contribution in [2.45, 2.75) is 75.7 Å². The van der Waals surface area contributed by atoms with Gasteiger partial charge in [0.05, 0.1) is 35.3 Å². The van der Waals surface area contributed by atoms with E-state index in [1.807, 2.05) is 0 Å². The van der Waals surface area contributed by atoms with Gasteiger partial charge in [0.2, 0.25) is 5.95 Å². The predicted molar refractivity (Wildman–Crippen MR) is 173 cm³/mol. The Balaban J connectivity index is 1.73. The van der Waals surface area contributed by atoms with Crippen LogP contribution in [0.4, 0.5) is 36.3 Å². The number of anilines is 4. The van der Waals surface area contributed by atoms with Crippen molar-refractivity contribution in [2.75, 3.05) is 31.8 Å². The first-order valence-electron chi connectivity index (χ1n) is 15.3. The SMILES string of the molecule is CCC(CC)(c1ccc(Nc2ncc(C(F)(F)F)c(Nc3ccc([C@H]4CC[C@H](O)CC4)cc3C(=O)N(C)C)n2)c(OC)c1)P(=O)(O)O. The first-order chi connectivity index (χ1) is 22.0. The smallest absolute Gasteiger partial charge is 0.421 e. The number of nitrogens with zero attached hydrogens (tertiary/aromatic N) is 3. The quantitative estimate of drug-likeness (QED) is 0.135. The highest BCUT2D eigenvalue weighted by atomic mass is 31.2. The molecule has 1 amide bonds. The molecule has 1 aromatic heterocycles. The number of methoxy groups -OCH3 is 1. The zero-order valence-corrected chi connectivity index (χ0v) is 27.8. The molecule has 3 aromatic rings. The summed E-state index contributed by atoms with van der Waals surface area (Å²) in [6.45, 7) is 3.36. The zero-order valence-electron chi connectivity index (χ0n) is 26.9. The Morgan fingerprint density at radius 3 is 2.21 bits per heavy atom. The molecule has 4 rings (SSSR count). The van der Waals surface area contributed by atoms with E-state index < -0.39 is 36.2 Å². The van der Waals surface area contributed by atoms with E-state index in [1.54, 1.807) is 46.1 Å². The lowest BCUT2D eigenvalue weighted by atomic mass is 9.82. The third kappa shape index (κ3) is 7.72. The summed E-state index contributed by atoms with van der Waals surface area (Å²) >= 11 is 0. The van der Waals surface area contributed by atoms with Gasteiger partial charge < -0.3 is 35.2 Å². The number of carbonyl (C=O) groups excluding carboxylic acids is 1. The van der Waals surface area contributed by atoms with Gasteiger partial charge in [-0.3, -0.25) is 9.36 Å². The maximum Gasteiger partial charge on any atom is 0.421 e. The van der Waals surface area contributed by atoms with Gasteiger partial charge in [0.25, 0.3) is 5.91 Å². The molecule has 1 fully saturated rings. The second-order valence-electron chi connectivity index (χ2n) is 11.9. The Labute approximate surface area is 271 Å². The molecule has 1 aliphatic rings. The monoisotopic (exact) mass is 679 g/mol. The molecule has 0 atom stereocenters. The fraction of sp³-hybridized carbons (Fsp3) is 0.469. The first kappa shape index (κ1) is 36.1. The predicted octanol–water partition coefficient (Wildman–Crippen LogP) is 6.90. The van der Waals surface area contributed by atoms with Crippen molar-refractivity contribution in [3.05, 3.63) is 64.8 Å². The molecule has 0 radical (unpaired) electrons. The van der Waals surface area contributed by atoms with Crippen LogP contribution in [0.2, 0.25) is 0 Å². The van der Waals surface area contributed by atoms with Crippen LogP contribution in [-0.4, -0.2) is 63.0 Å². The Morgan fingerprint density at radius 2 is 1.66 bits per heavy atom. The van der Waals surface area contributed by atoms with E-state index in [4.69, 9.17) is 4.74 Å². The summed E-state index contributed by atoms with van der Waals surface area (Å²) in [4.78, 5) is 42.9. The maximum absolute atomic E-state index is 14.2. The number of alkyl halides is 3. The number of carbonyl (C=O) groups is 1. The fourth-order valence-corrected chi connectivity index (χ4v) is 7.37. The Morgan fingerprint density at radius 1 is 1.02 bits per heavy atom. The average molecular weight is 680 g/mol. The van der Waals surface area contributed by atoms with Gasteiger partial charge in [-0.15, -0.1) is 0 Å². The summed E-state index contributed by atoms with van der Waals surface area (Å²) in [6.07, 6.45) is -1.55. The molecule has 11 nitrogen and oxygen atoms in total. The summed E-state index contributed by atoms with van der Waals surface area (Å²) in [6, 6.07) is 9.50. The minimum atomic E-state index is -4.83. The van der Waals surface area contributed by atoms with Gasteiger partial charge in [-0.05, 0) is 79.8 Å². The molecule has 5 N–H and O–H groups in total. The van der Waals surface area contributed by atoms with E-state index in [2.05, 4.69) is 20.6 Å². The highest BCUT2D eigenvalue weighted by molar-refractivity contribution is 7.53. The molecule has 2 aromatic carbocycles. The molecule has 1 heterocycles. The van der Waals surface area contributed by atoms with Crippen LogP contribution in [0.1, 0.15) is 85.3 Å². The number of nitrogens with one attached hydrogen (secondary N) is 2. The van der Waals surface area contributed by atoms with E-state index >= 15 is 0 Å². The summed E-state index contributed by atoms with van der Waals surface area (Å²) < 4.78 is 60.4. The number of hydrogen-bond donors (Lipinski definition) is 5. The lowest BCUT2D eigenvalue weighted by Crippen LogP contribution is -2.24. The zero-order chi connectivity index (χ0) is 34.7. The Hall–Kier alpha value is -3.71. The topological polar surface area (TPSA) is 157 Å². The third-order valence-electron chi connectivity index (χ3n) is 8.91. The van der Waals surface area contributed by atoms with Crippen LogP contribution < -0.4 is 15.4 Å². The van der Waals surface area contributed by atoms with Crippen molar-refractivity contribution in [2.24, 2.45) is 0 Å². The van der Waals surface area contributed by atoms with Crippen LogP contribution in [0, 0.1) is 0 Å². The number of halogens is 3. The van der Waals surface area contributed by atoms with Gasteiger partial charge in [-0.25, -0.2) is 4.98 Å². The number of benzene rings is 2. The van der Waals surface area contributed by atoms with Crippen molar-refractivity contribution < 1.29 is 42.2 Å². The summed E-state index contributed by atoms with van der Waals surface area (Å²) in [5, 5.41) is 14.0. The number of ether oxygens (including phenoxy) is 1. The second-order valence-corrected chi connectivity index (χ2v) is 13.9. The van der Waals surface area contributed by atoms with Gasteiger partial charge in [0, 0.05) is 20.3 Å². The maximum atomic E-state index is 14.2. The van der Waals surface area contributed by atoms with Crippen molar-refractivity contribution in [3.8, 4) is 5.75 Å². The van der Waals surface area contributed by atoms with Crippen molar-refractivity contribution in [1.29, 1.82) is 0 Å². The fourth-order valence-electron chi connectivity index (χ4n) is 6.07. The summed E-state index contributed by atoms with van der Waals surface area (Å²) in [5.74, 6) is -0.961. The van der Waals surface area contributed by atoms with Crippen LogP contribution in [0.15, 0.2) is 42.6 Å². The second kappa shape index (κ2) is 14.2. The van der Waals surface area contributed by atoms with Crippen LogP contribution >= 0.6 is 7.60 Å². The van der Waals surface area contributed by atoms with Crippen molar-refractivity contribution in [3.63, 3.8) is 0 Å². The van der Waals surface area contributed by atoms with Crippen molar-refractivity contribution >= 4 is 36.6 Å². The molecule has 0 unspecified atom stereocenters. The van der Waals surface area contributed by atoms with Gasteiger partial charge in [-0.1, -0.05) is 26.0 Å². The Bertz CT molecular complexity index is 1640. The van der Waals surface area contributed by atoms with E-state index in [0.29, 0.717) is 24.6 Å². The minimum Gasteiger partial charge on any atom is -0.495 e. The van der Waals surface area contributed by atoms with Gasteiger partial charge >= 0.3 is 13.8 Å². The van der Waals surface area contributed by atoms with Crippen LogP contribution in [0.3, 0.4) is 0 Å². The van der Waals surface area contributed by atoms with E-state index in [9.17, 15) is 37.4 Å². The normalized spacial score (nSPS) is 17.3. The lowest BCUT2D eigenvalue weighted by molar-refractivity contribution is -0.137. The molecule has 1 saturated carbocycles. The van der Waals surface area contributed by atoms with Crippen LogP contribution in [0.25, 0.3) is 0 Å². The number of aliphatic hydroxyl groups excluding tert-OH is 1. The standard InChI is InChI=1S/C32H41F3N5O6P/c1-6-31(7-2,47(43,44)45)21-11-15-26(27(17-21)46-5)38-30-36-18-24(32(33,34)35)28(39-30)37-25-14-10-20(16-23(25)29(42)40(3)4)19-8-12-22(41)13-9-19/h10-11,14-19,22,41H,6-9,12-13H2,1-5H3,(H2,43,44,45)(H2,36,37,38,39)/t19-,22-. The number of hydrogen-bond acceptors (Lipinski definition) is 8.